The Morgan fingerprint density at radius 1 is 1.48 bits per heavy atom. The molecule has 0 radical (unpaired) electrons. The van der Waals surface area contributed by atoms with Crippen molar-refractivity contribution >= 4 is 17.8 Å². The van der Waals surface area contributed by atoms with Gasteiger partial charge >= 0.3 is 0 Å². The fourth-order valence-electron chi connectivity index (χ4n) is 1.40. The summed E-state index contributed by atoms with van der Waals surface area (Å²) in [4.78, 5) is 21.5. The predicted octanol–water partition coefficient (Wildman–Crippen LogP) is -2.54. The number of phenolic OH excluding ortho intramolecular Hbond substituents is 1. The number of quaternary nitrogens is 1. The van der Waals surface area contributed by atoms with Crippen LogP contribution in [0, 0.1) is 10.1 Å². The highest BCUT2D eigenvalue weighted by Gasteiger charge is 2.13. The van der Waals surface area contributed by atoms with Crippen LogP contribution in [-0.2, 0) is 4.79 Å². The molecule has 1 rings (SSSR count). The van der Waals surface area contributed by atoms with Gasteiger partial charge in [-0.05, 0) is 6.07 Å². The van der Waals surface area contributed by atoms with E-state index in [2.05, 4.69) is 10.5 Å². The van der Waals surface area contributed by atoms with E-state index in [1.54, 1.807) is 0 Å². The first-order valence-corrected chi connectivity index (χ1v) is 5.79. The maximum absolute atomic E-state index is 11.5. The Kier molecular flexibility index (Phi) is 6.77. The van der Waals surface area contributed by atoms with Crippen LogP contribution in [-0.4, -0.2) is 54.3 Å². The fraction of sp³-hybridized carbons (Fsp3) is 0.333. The number of amides is 1. The summed E-state index contributed by atoms with van der Waals surface area (Å²) in [7, 11) is 5.57. The average Bonchev–Trinajstić information content (AvgIpc) is 2.28. The molecule has 0 spiro atoms. The number of hydrogen-bond donors (Lipinski definition) is 2. The Hall–Kier alpha value is -2.19. The lowest BCUT2D eigenvalue weighted by Gasteiger charge is -2.21. The third-order valence-corrected chi connectivity index (χ3v) is 2.23. The molecular weight excluding hydrogens is 300 g/mol. The number of aromatic hydroxyl groups is 1. The number of non-ortho nitro benzene ring substituents is 1. The predicted molar refractivity (Wildman–Crippen MR) is 73.4 cm³/mol. The monoisotopic (exact) mass is 316 g/mol. The summed E-state index contributed by atoms with van der Waals surface area (Å²) in [6, 6.07) is 3.56. The lowest BCUT2D eigenvalue weighted by molar-refractivity contribution is -0.862. The minimum Gasteiger partial charge on any atom is -1.00 e. The van der Waals surface area contributed by atoms with Gasteiger partial charge in [0.2, 0.25) is 0 Å². The summed E-state index contributed by atoms with van der Waals surface area (Å²) in [6.07, 6.45) is 1.16. The van der Waals surface area contributed by atoms with Crippen molar-refractivity contribution in [2.45, 2.75) is 0 Å². The lowest BCUT2D eigenvalue weighted by atomic mass is 10.2. The molecule has 21 heavy (non-hydrogen) atoms. The molecule has 0 saturated carbocycles. The molecule has 0 bridgehead atoms. The molecule has 0 fully saturated rings. The number of nitro benzene ring substituents is 1. The van der Waals surface area contributed by atoms with E-state index in [0.29, 0.717) is 4.48 Å². The summed E-state index contributed by atoms with van der Waals surface area (Å²) in [6.45, 7) is 0.234. The van der Waals surface area contributed by atoms with Crippen molar-refractivity contribution in [3.8, 4) is 5.75 Å². The van der Waals surface area contributed by atoms with Crippen LogP contribution < -0.4 is 17.8 Å². The molecule has 0 atom stereocenters. The number of carbonyl (C=O) groups is 1. The van der Waals surface area contributed by atoms with E-state index in [1.165, 1.54) is 18.2 Å². The number of nitro groups is 1. The zero-order valence-corrected chi connectivity index (χ0v) is 12.7. The maximum Gasteiger partial charge on any atom is 0.295 e. The minimum absolute atomic E-state index is 0. The Labute approximate surface area is 128 Å². The molecule has 1 aromatic rings. The van der Waals surface area contributed by atoms with Crippen LogP contribution in [0.2, 0.25) is 0 Å². The van der Waals surface area contributed by atoms with Gasteiger partial charge in [-0.2, -0.15) is 5.10 Å². The Bertz CT molecular complexity index is 555. The van der Waals surface area contributed by atoms with Crippen LogP contribution >= 0.6 is 0 Å². The van der Waals surface area contributed by atoms with Gasteiger partial charge in [0.1, 0.15) is 5.75 Å². The van der Waals surface area contributed by atoms with E-state index in [9.17, 15) is 20.0 Å². The largest absolute Gasteiger partial charge is 1.00 e. The third kappa shape index (κ3) is 6.68. The number of hydrazone groups is 1. The molecule has 0 aliphatic heterocycles. The van der Waals surface area contributed by atoms with Crippen molar-refractivity contribution in [1.29, 1.82) is 0 Å². The van der Waals surface area contributed by atoms with Crippen molar-refractivity contribution in [1.82, 2.24) is 5.43 Å². The van der Waals surface area contributed by atoms with E-state index >= 15 is 0 Å². The minimum atomic E-state index is -0.577. The number of rotatable bonds is 5. The number of nitrogens with one attached hydrogen (secondary N) is 1. The first-order valence-electron chi connectivity index (χ1n) is 5.79. The molecule has 1 amide bonds. The van der Waals surface area contributed by atoms with Gasteiger partial charge in [0.25, 0.3) is 11.6 Å². The smallest absolute Gasteiger partial charge is 0.295 e. The highest BCUT2D eigenvalue weighted by Crippen LogP contribution is 2.21. The molecule has 116 valence electrons. The number of phenols is 1. The molecule has 0 saturated heterocycles. The molecular formula is C12H17ClN4O4. The van der Waals surface area contributed by atoms with Crippen LogP contribution in [0.15, 0.2) is 23.3 Å². The summed E-state index contributed by atoms with van der Waals surface area (Å²) in [5, 5.41) is 23.8. The van der Waals surface area contributed by atoms with Crippen molar-refractivity contribution in [2.75, 3.05) is 27.7 Å². The van der Waals surface area contributed by atoms with E-state index in [0.717, 1.165) is 6.21 Å². The molecule has 2 N–H and O–H groups in total. The first kappa shape index (κ1) is 18.8. The maximum atomic E-state index is 11.5. The van der Waals surface area contributed by atoms with Gasteiger partial charge in [-0.3, -0.25) is 14.9 Å². The highest BCUT2D eigenvalue weighted by molar-refractivity contribution is 5.86. The van der Waals surface area contributed by atoms with E-state index in [4.69, 9.17) is 0 Å². The number of halogens is 1. The third-order valence-electron chi connectivity index (χ3n) is 2.23. The topological polar surface area (TPSA) is 105 Å². The first-order chi connectivity index (χ1) is 9.19. The number of carbonyl (C=O) groups excluding carboxylic acids is 1. The van der Waals surface area contributed by atoms with Crippen LogP contribution in [0.3, 0.4) is 0 Å². The molecule has 0 aliphatic carbocycles. The van der Waals surface area contributed by atoms with Crippen LogP contribution in [0.4, 0.5) is 5.69 Å². The summed E-state index contributed by atoms with van der Waals surface area (Å²) < 4.78 is 0.448. The van der Waals surface area contributed by atoms with Gasteiger partial charge in [0.15, 0.2) is 6.54 Å². The molecule has 0 unspecified atom stereocenters. The Morgan fingerprint density at radius 3 is 2.62 bits per heavy atom. The van der Waals surface area contributed by atoms with Gasteiger partial charge < -0.3 is 22.0 Å². The number of nitrogens with zero attached hydrogens (tertiary/aromatic N) is 3. The summed E-state index contributed by atoms with van der Waals surface area (Å²) in [5.41, 5.74) is 2.29. The van der Waals surface area contributed by atoms with Crippen LogP contribution in [0.5, 0.6) is 5.75 Å². The average molecular weight is 317 g/mol. The number of hydrogen-bond acceptors (Lipinski definition) is 5. The quantitative estimate of drug-likeness (QED) is 0.270. The fourth-order valence-corrected chi connectivity index (χ4v) is 1.40. The van der Waals surface area contributed by atoms with Crippen LogP contribution in [0.1, 0.15) is 5.56 Å². The summed E-state index contributed by atoms with van der Waals surface area (Å²) >= 11 is 0. The normalized spacial score (nSPS) is 11.0. The van der Waals surface area contributed by atoms with Crippen molar-refractivity contribution in [3.05, 3.63) is 33.9 Å². The second-order valence-electron chi connectivity index (χ2n) is 5.24. The molecule has 8 nitrogen and oxygen atoms in total. The van der Waals surface area contributed by atoms with E-state index in [-0.39, 0.29) is 41.9 Å². The standard InChI is InChI=1S/C12H16N4O4.ClH/c1-16(2,3)8-12(18)14-13-7-9-6-10(15(19)20)4-5-11(9)17;/h4-7H,8H2,1-3H3,(H-,13,14,17,18);1H. The van der Waals surface area contributed by atoms with Gasteiger partial charge in [0, 0.05) is 17.7 Å². The van der Waals surface area contributed by atoms with Gasteiger partial charge in [-0.25, -0.2) is 5.43 Å². The number of likely N-dealkylation sites (N-methyl/N-ethyl adjacent to an activating group) is 1. The highest BCUT2D eigenvalue weighted by atomic mass is 35.5. The molecule has 9 heteroatoms. The van der Waals surface area contributed by atoms with Gasteiger partial charge in [-0.1, -0.05) is 0 Å². The van der Waals surface area contributed by atoms with Gasteiger partial charge in [-0.15, -0.1) is 0 Å². The molecule has 0 aliphatic rings. The van der Waals surface area contributed by atoms with E-state index < -0.39 is 4.92 Å². The van der Waals surface area contributed by atoms with Crippen LogP contribution in [0.25, 0.3) is 0 Å². The van der Waals surface area contributed by atoms with Crippen molar-refractivity contribution in [3.63, 3.8) is 0 Å². The lowest BCUT2D eigenvalue weighted by Crippen LogP contribution is -3.00. The number of benzene rings is 1. The SMILES string of the molecule is C[N+](C)(C)CC(=O)NN=Cc1cc([N+](=O)[O-])ccc1O.[Cl-]. The van der Waals surface area contributed by atoms with E-state index in [1.807, 2.05) is 21.1 Å². The van der Waals surface area contributed by atoms with Crippen molar-refractivity contribution in [2.24, 2.45) is 5.10 Å². The zero-order chi connectivity index (χ0) is 15.3. The van der Waals surface area contributed by atoms with Crippen molar-refractivity contribution < 1.29 is 31.7 Å². The Morgan fingerprint density at radius 2 is 2.10 bits per heavy atom. The summed E-state index contributed by atoms with van der Waals surface area (Å²) in [5.74, 6) is -0.445. The zero-order valence-electron chi connectivity index (χ0n) is 11.9. The molecule has 1 aromatic carbocycles. The van der Waals surface area contributed by atoms with Gasteiger partial charge in [0.05, 0.1) is 32.3 Å². The second-order valence-corrected chi connectivity index (χ2v) is 5.24. The molecule has 0 aromatic heterocycles. The Balaban J connectivity index is 0.00000400. The molecule has 0 heterocycles. The second kappa shape index (κ2) is 7.55.